The SMILES string of the molecule is CC(C)(C)[C@H]1CC[C@H](Oc2ccc3cc(Br)ccc3c2)CC1. The summed E-state index contributed by atoms with van der Waals surface area (Å²) in [4.78, 5) is 0. The molecule has 0 saturated heterocycles. The van der Waals surface area contributed by atoms with Crippen LogP contribution in [-0.2, 0) is 0 Å². The molecule has 2 aromatic rings. The molecule has 2 heteroatoms. The highest BCUT2D eigenvalue weighted by molar-refractivity contribution is 9.10. The highest BCUT2D eigenvalue weighted by Crippen LogP contribution is 2.39. The molecule has 1 nitrogen and oxygen atoms in total. The van der Waals surface area contributed by atoms with Gasteiger partial charge in [-0.05, 0) is 72.1 Å². The van der Waals surface area contributed by atoms with E-state index in [0.717, 1.165) is 16.1 Å². The summed E-state index contributed by atoms with van der Waals surface area (Å²) in [7, 11) is 0. The summed E-state index contributed by atoms with van der Waals surface area (Å²) >= 11 is 3.52. The van der Waals surface area contributed by atoms with Crippen molar-refractivity contribution in [2.45, 2.75) is 52.6 Å². The molecule has 118 valence electrons. The van der Waals surface area contributed by atoms with Gasteiger partial charge in [-0.3, -0.25) is 0 Å². The Balaban J connectivity index is 1.66. The lowest BCUT2D eigenvalue weighted by atomic mass is 9.72. The third-order valence-corrected chi connectivity index (χ3v) is 5.47. The molecule has 1 fully saturated rings. The molecule has 0 unspecified atom stereocenters. The van der Waals surface area contributed by atoms with Gasteiger partial charge in [0.1, 0.15) is 5.75 Å². The van der Waals surface area contributed by atoms with Crippen LogP contribution in [0.3, 0.4) is 0 Å². The van der Waals surface area contributed by atoms with Gasteiger partial charge in [0, 0.05) is 4.47 Å². The van der Waals surface area contributed by atoms with E-state index in [1.807, 2.05) is 0 Å². The summed E-state index contributed by atoms with van der Waals surface area (Å²) in [5.41, 5.74) is 0.432. The topological polar surface area (TPSA) is 9.23 Å². The Kier molecular flexibility index (Phi) is 4.49. The van der Waals surface area contributed by atoms with Crippen LogP contribution in [0, 0.1) is 11.3 Å². The van der Waals surface area contributed by atoms with Crippen LogP contribution in [0.4, 0.5) is 0 Å². The van der Waals surface area contributed by atoms with Gasteiger partial charge in [0.05, 0.1) is 6.10 Å². The van der Waals surface area contributed by atoms with Crippen molar-refractivity contribution in [3.05, 3.63) is 40.9 Å². The molecule has 0 radical (unpaired) electrons. The minimum Gasteiger partial charge on any atom is -0.490 e. The second-order valence-corrected chi connectivity index (χ2v) is 8.53. The first-order valence-corrected chi connectivity index (χ1v) is 9.07. The monoisotopic (exact) mass is 360 g/mol. The lowest BCUT2D eigenvalue weighted by Crippen LogP contribution is -2.30. The lowest BCUT2D eigenvalue weighted by molar-refractivity contribution is 0.0883. The van der Waals surface area contributed by atoms with Crippen LogP contribution >= 0.6 is 15.9 Å². The van der Waals surface area contributed by atoms with Crippen LogP contribution < -0.4 is 4.74 Å². The van der Waals surface area contributed by atoms with Crippen LogP contribution in [0.15, 0.2) is 40.9 Å². The number of fused-ring (bicyclic) bond motifs is 1. The lowest BCUT2D eigenvalue weighted by Gasteiger charge is -2.37. The van der Waals surface area contributed by atoms with Gasteiger partial charge in [-0.2, -0.15) is 0 Å². The molecule has 22 heavy (non-hydrogen) atoms. The minimum absolute atomic E-state index is 0.381. The van der Waals surface area contributed by atoms with E-state index in [9.17, 15) is 0 Å². The largest absolute Gasteiger partial charge is 0.490 e. The molecule has 0 heterocycles. The van der Waals surface area contributed by atoms with E-state index in [0.29, 0.717) is 11.5 Å². The highest BCUT2D eigenvalue weighted by atomic mass is 79.9. The standard InChI is InChI=1S/C20H25BrO/c1-20(2,3)16-6-10-18(11-7-16)22-19-9-5-14-12-17(21)8-4-15(14)13-19/h4-5,8-9,12-13,16,18H,6-7,10-11H2,1-3H3/t16-,18-. The van der Waals surface area contributed by atoms with E-state index in [2.05, 4.69) is 73.1 Å². The first-order chi connectivity index (χ1) is 10.4. The smallest absolute Gasteiger partial charge is 0.120 e. The van der Waals surface area contributed by atoms with Crippen molar-refractivity contribution < 1.29 is 4.74 Å². The molecule has 0 aromatic heterocycles. The van der Waals surface area contributed by atoms with Gasteiger partial charge in [0.15, 0.2) is 0 Å². The van der Waals surface area contributed by atoms with Crippen LogP contribution in [0.2, 0.25) is 0 Å². The first-order valence-electron chi connectivity index (χ1n) is 8.28. The van der Waals surface area contributed by atoms with E-state index in [4.69, 9.17) is 4.74 Å². The van der Waals surface area contributed by atoms with Gasteiger partial charge in [0.2, 0.25) is 0 Å². The molecule has 1 aliphatic carbocycles. The average molecular weight is 361 g/mol. The zero-order chi connectivity index (χ0) is 15.7. The fourth-order valence-corrected chi connectivity index (χ4v) is 3.89. The Morgan fingerprint density at radius 1 is 0.909 bits per heavy atom. The fourth-order valence-electron chi connectivity index (χ4n) is 3.51. The minimum atomic E-state index is 0.381. The van der Waals surface area contributed by atoms with Crippen molar-refractivity contribution in [3.63, 3.8) is 0 Å². The predicted octanol–water partition coefficient (Wildman–Crippen LogP) is 6.59. The number of hydrogen-bond acceptors (Lipinski definition) is 1. The third-order valence-electron chi connectivity index (χ3n) is 4.98. The van der Waals surface area contributed by atoms with E-state index in [1.54, 1.807) is 0 Å². The first kappa shape index (κ1) is 15.9. The quantitative estimate of drug-likeness (QED) is 0.587. The number of benzene rings is 2. The van der Waals surface area contributed by atoms with Gasteiger partial charge in [-0.1, -0.05) is 48.8 Å². The van der Waals surface area contributed by atoms with Crippen molar-refractivity contribution in [3.8, 4) is 5.75 Å². The Hall–Kier alpha value is -1.02. The molecule has 1 aliphatic rings. The third kappa shape index (κ3) is 3.65. The van der Waals surface area contributed by atoms with Crippen molar-refractivity contribution in [1.29, 1.82) is 0 Å². The Morgan fingerprint density at radius 3 is 2.23 bits per heavy atom. The van der Waals surface area contributed by atoms with Crippen molar-refractivity contribution in [2.24, 2.45) is 11.3 Å². The number of rotatable bonds is 2. The maximum Gasteiger partial charge on any atom is 0.120 e. The maximum absolute atomic E-state index is 6.24. The summed E-state index contributed by atoms with van der Waals surface area (Å²) < 4.78 is 7.36. The van der Waals surface area contributed by atoms with E-state index >= 15 is 0 Å². The predicted molar refractivity (Wildman–Crippen MR) is 97.5 cm³/mol. The summed E-state index contributed by atoms with van der Waals surface area (Å²) in [5, 5.41) is 2.49. The number of hydrogen-bond donors (Lipinski definition) is 0. The van der Waals surface area contributed by atoms with E-state index < -0.39 is 0 Å². The Bertz CT molecular complexity index is 648. The van der Waals surface area contributed by atoms with Gasteiger partial charge < -0.3 is 4.74 Å². The maximum atomic E-state index is 6.24. The molecule has 2 aromatic carbocycles. The molecule has 0 bridgehead atoms. The summed E-state index contributed by atoms with van der Waals surface area (Å²) in [6.45, 7) is 7.08. The second kappa shape index (κ2) is 6.23. The number of ether oxygens (including phenoxy) is 1. The molecule has 0 aliphatic heterocycles. The molecular weight excluding hydrogens is 336 g/mol. The fraction of sp³-hybridized carbons (Fsp3) is 0.500. The molecule has 1 saturated carbocycles. The zero-order valence-electron chi connectivity index (χ0n) is 13.7. The van der Waals surface area contributed by atoms with Crippen LogP contribution in [0.5, 0.6) is 5.75 Å². The highest BCUT2D eigenvalue weighted by Gasteiger charge is 2.30. The Labute approximate surface area is 142 Å². The van der Waals surface area contributed by atoms with Crippen LogP contribution in [0.25, 0.3) is 10.8 Å². The van der Waals surface area contributed by atoms with E-state index in [-0.39, 0.29) is 0 Å². The summed E-state index contributed by atoms with van der Waals surface area (Å²) in [5.74, 6) is 1.84. The van der Waals surface area contributed by atoms with E-state index in [1.165, 1.54) is 36.5 Å². The number of halogens is 1. The molecule has 0 spiro atoms. The summed E-state index contributed by atoms with van der Waals surface area (Å²) in [6, 6.07) is 12.8. The normalized spacial score (nSPS) is 22.7. The van der Waals surface area contributed by atoms with Crippen LogP contribution in [0.1, 0.15) is 46.5 Å². The van der Waals surface area contributed by atoms with Gasteiger partial charge >= 0.3 is 0 Å². The van der Waals surface area contributed by atoms with Gasteiger partial charge in [-0.15, -0.1) is 0 Å². The zero-order valence-corrected chi connectivity index (χ0v) is 15.3. The average Bonchev–Trinajstić information content (AvgIpc) is 2.47. The molecule has 3 rings (SSSR count). The van der Waals surface area contributed by atoms with Crippen molar-refractivity contribution >= 4 is 26.7 Å². The van der Waals surface area contributed by atoms with Crippen molar-refractivity contribution in [1.82, 2.24) is 0 Å². The molecule has 0 N–H and O–H groups in total. The van der Waals surface area contributed by atoms with Gasteiger partial charge in [-0.25, -0.2) is 0 Å². The molecule has 0 amide bonds. The van der Waals surface area contributed by atoms with Gasteiger partial charge in [0.25, 0.3) is 0 Å². The second-order valence-electron chi connectivity index (χ2n) is 7.61. The van der Waals surface area contributed by atoms with Crippen LogP contribution in [-0.4, -0.2) is 6.10 Å². The Morgan fingerprint density at radius 2 is 1.55 bits per heavy atom. The van der Waals surface area contributed by atoms with Crippen molar-refractivity contribution in [2.75, 3.05) is 0 Å². The molecule has 0 atom stereocenters. The summed E-state index contributed by atoms with van der Waals surface area (Å²) in [6.07, 6.45) is 5.32. The molecular formula is C20H25BrO.